The van der Waals surface area contributed by atoms with E-state index in [4.69, 9.17) is 10.5 Å². The molecule has 2 saturated heterocycles. The minimum atomic E-state index is 0.690. The summed E-state index contributed by atoms with van der Waals surface area (Å²) in [6.45, 7) is 13.6. The molecule has 2 heterocycles. The zero-order chi connectivity index (χ0) is 14.9. The summed E-state index contributed by atoms with van der Waals surface area (Å²) in [7, 11) is 0. The summed E-state index contributed by atoms with van der Waals surface area (Å²) < 4.78 is 5.31. The van der Waals surface area contributed by atoms with E-state index in [2.05, 4.69) is 26.6 Å². The summed E-state index contributed by atoms with van der Waals surface area (Å²) in [4.78, 5) is 11.7. The van der Waals surface area contributed by atoms with Crippen LogP contribution in [0.25, 0.3) is 0 Å². The maximum atomic E-state index is 6.01. The monoisotopic (exact) mass is 297 g/mol. The standard InChI is InChI=1S/C15H31N5O/c1-2-18-7-9-19(10-8-18)6-4-3-5-17-15(16)20-11-13-21-14-12-20/h2-14H2,1H3,(H2,16,17). The van der Waals surface area contributed by atoms with E-state index in [-0.39, 0.29) is 0 Å². The van der Waals surface area contributed by atoms with E-state index in [9.17, 15) is 0 Å². The number of nitrogens with zero attached hydrogens (tertiary/aromatic N) is 4. The molecule has 2 N–H and O–H groups in total. The van der Waals surface area contributed by atoms with Crippen LogP contribution in [0.4, 0.5) is 0 Å². The summed E-state index contributed by atoms with van der Waals surface area (Å²) in [5.41, 5.74) is 6.01. The number of hydrogen-bond acceptors (Lipinski definition) is 4. The average Bonchev–Trinajstić information content (AvgIpc) is 2.55. The van der Waals surface area contributed by atoms with Crippen LogP contribution in [-0.2, 0) is 4.74 Å². The normalized spacial score (nSPS) is 22.7. The van der Waals surface area contributed by atoms with Crippen LogP contribution in [0.3, 0.4) is 0 Å². The average molecular weight is 297 g/mol. The molecule has 0 unspecified atom stereocenters. The Morgan fingerprint density at radius 2 is 1.67 bits per heavy atom. The van der Waals surface area contributed by atoms with Crippen LogP contribution >= 0.6 is 0 Å². The third-order valence-electron chi connectivity index (χ3n) is 4.40. The molecule has 0 spiro atoms. The first-order chi connectivity index (χ1) is 10.3. The predicted molar refractivity (Wildman–Crippen MR) is 86.7 cm³/mol. The van der Waals surface area contributed by atoms with Gasteiger partial charge in [-0.3, -0.25) is 4.99 Å². The fourth-order valence-electron chi connectivity index (χ4n) is 2.86. The van der Waals surface area contributed by atoms with E-state index in [1.54, 1.807) is 0 Å². The van der Waals surface area contributed by atoms with Crippen molar-refractivity contribution in [3.05, 3.63) is 0 Å². The van der Waals surface area contributed by atoms with Crippen LogP contribution in [0.1, 0.15) is 19.8 Å². The number of aliphatic imine (C=N–C) groups is 1. The highest BCUT2D eigenvalue weighted by Gasteiger charge is 2.14. The Morgan fingerprint density at radius 3 is 2.33 bits per heavy atom. The highest BCUT2D eigenvalue weighted by Crippen LogP contribution is 2.03. The Kier molecular flexibility index (Phi) is 7.26. The second-order valence-electron chi connectivity index (χ2n) is 5.82. The Balaban J connectivity index is 1.53. The van der Waals surface area contributed by atoms with Crippen LogP contribution < -0.4 is 5.73 Å². The number of ether oxygens (including phenoxy) is 1. The molecule has 0 aliphatic carbocycles. The number of likely N-dealkylation sites (N-methyl/N-ethyl adjacent to an activating group) is 1. The van der Waals surface area contributed by atoms with E-state index >= 15 is 0 Å². The molecule has 0 atom stereocenters. The fraction of sp³-hybridized carbons (Fsp3) is 0.933. The molecule has 0 aromatic rings. The molecule has 122 valence electrons. The summed E-state index contributed by atoms with van der Waals surface area (Å²) in [5.74, 6) is 0.690. The van der Waals surface area contributed by atoms with Gasteiger partial charge in [-0.05, 0) is 25.9 Å². The highest BCUT2D eigenvalue weighted by molar-refractivity contribution is 5.78. The second kappa shape index (κ2) is 9.23. The zero-order valence-electron chi connectivity index (χ0n) is 13.5. The van der Waals surface area contributed by atoms with Gasteiger partial charge in [0, 0.05) is 45.8 Å². The van der Waals surface area contributed by atoms with E-state index < -0.39 is 0 Å². The van der Waals surface area contributed by atoms with E-state index in [1.165, 1.54) is 45.7 Å². The molecule has 0 bridgehead atoms. The molecule has 0 saturated carbocycles. The SMILES string of the molecule is CCN1CCN(CCCCN=C(N)N2CCOCC2)CC1. The number of rotatable bonds is 6. The van der Waals surface area contributed by atoms with Gasteiger partial charge in [0.15, 0.2) is 5.96 Å². The van der Waals surface area contributed by atoms with Crippen LogP contribution in [0.15, 0.2) is 4.99 Å². The van der Waals surface area contributed by atoms with Crippen molar-refractivity contribution in [2.45, 2.75) is 19.8 Å². The van der Waals surface area contributed by atoms with Gasteiger partial charge >= 0.3 is 0 Å². The smallest absolute Gasteiger partial charge is 0.191 e. The maximum Gasteiger partial charge on any atom is 0.191 e. The Morgan fingerprint density at radius 1 is 1.00 bits per heavy atom. The van der Waals surface area contributed by atoms with Crippen LogP contribution in [0.5, 0.6) is 0 Å². The summed E-state index contributed by atoms with van der Waals surface area (Å²) in [6.07, 6.45) is 2.34. The lowest BCUT2D eigenvalue weighted by Gasteiger charge is -2.33. The molecular formula is C15H31N5O. The molecule has 2 rings (SSSR count). The molecule has 0 radical (unpaired) electrons. The molecule has 2 aliphatic rings. The van der Waals surface area contributed by atoms with E-state index in [0.29, 0.717) is 5.96 Å². The summed E-state index contributed by atoms with van der Waals surface area (Å²) in [6, 6.07) is 0. The molecule has 6 nitrogen and oxygen atoms in total. The quantitative estimate of drug-likeness (QED) is 0.426. The number of guanidine groups is 1. The molecule has 2 fully saturated rings. The number of nitrogens with two attached hydrogens (primary N) is 1. The van der Waals surface area contributed by atoms with Gasteiger partial charge in [-0.2, -0.15) is 0 Å². The molecular weight excluding hydrogens is 266 g/mol. The van der Waals surface area contributed by atoms with Gasteiger partial charge in [-0.15, -0.1) is 0 Å². The van der Waals surface area contributed by atoms with Crippen molar-refractivity contribution in [3.63, 3.8) is 0 Å². The fourth-order valence-corrected chi connectivity index (χ4v) is 2.86. The first kappa shape index (κ1) is 16.5. The molecule has 0 aromatic carbocycles. The van der Waals surface area contributed by atoms with Crippen molar-refractivity contribution >= 4 is 5.96 Å². The summed E-state index contributed by atoms with van der Waals surface area (Å²) >= 11 is 0. The van der Waals surface area contributed by atoms with Crippen molar-refractivity contribution in [1.29, 1.82) is 0 Å². The van der Waals surface area contributed by atoms with Gasteiger partial charge in [-0.1, -0.05) is 6.92 Å². The highest BCUT2D eigenvalue weighted by atomic mass is 16.5. The third kappa shape index (κ3) is 5.80. The van der Waals surface area contributed by atoms with Gasteiger partial charge in [-0.25, -0.2) is 0 Å². The van der Waals surface area contributed by atoms with Gasteiger partial charge in [0.1, 0.15) is 0 Å². The van der Waals surface area contributed by atoms with Crippen molar-refractivity contribution in [2.24, 2.45) is 10.7 Å². The second-order valence-corrected chi connectivity index (χ2v) is 5.82. The van der Waals surface area contributed by atoms with Crippen molar-refractivity contribution in [1.82, 2.24) is 14.7 Å². The van der Waals surface area contributed by atoms with Gasteiger partial charge < -0.3 is 25.2 Å². The topological polar surface area (TPSA) is 57.3 Å². The maximum absolute atomic E-state index is 6.01. The van der Waals surface area contributed by atoms with Crippen molar-refractivity contribution in [3.8, 4) is 0 Å². The van der Waals surface area contributed by atoms with E-state index in [1.807, 2.05) is 0 Å². The number of piperazine rings is 1. The van der Waals surface area contributed by atoms with Crippen molar-refractivity contribution < 1.29 is 4.74 Å². The Labute approximate surface area is 128 Å². The molecule has 2 aliphatic heterocycles. The lowest BCUT2D eigenvalue weighted by Crippen LogP contribution is -2.46. The van der Waals surface area contributed by atoms with Gasteiger partial charge in [0.05, 0.1) is 13.2 Å². The molecule has 6 heteroatoms. The predicted octanol–water partition coefficient (Wildman–Crippen LogP) is 0.0510. The molecule has 0 amide bonds. The first-order valence-corrected chi connectivity index (χ1v) is 8.37. The lowest BCUT2D eigenvalue weighted by atomic mass is 10.2. The summed E-state index contributed by atoms with van der Waals surface area (Å²) in [5, 5.41) is 0. The van der Waals surface area contributed by atoms with Crippen LogP contribution in [0.2, 0.25) is 0 Å². The lowest BCUT2D eigenvalue weighted by molar-refractivity contribution is 0.0674. The van der Waals surface area contributed by atoms with Gasteiger partial charge in [0.25, 0.3) is 0 Å². The Hall–Kier alpha value is -0.850. The van der Waals surface area contributed by atoms with Crippen LogP contribution in [-0.4, -0.2) is 92.8 Å². The number of morpholine rings is 1. The minimum Gasteiger partial charge on any atom is -0.378 e. The molecule has 21 heavy (non-hydrogen) atoms. The largest absolute Gasteiger partial charge is 0.378 e. The third-order valence-corrected chi connectivity index (χ3v) is 4.40. The van der Waals surface area contributed by atoms with Crippen molar-refractivity contribution in [2.75, 3.05) is 72.1 Å². The molecule has 0 aromatic heterocycles. The number of unbranched alkanes of at least 4 members (excludes halogenated alkanes) is 1. The van der Waals surface area contributed by atoms with Gasteiger partial charge in [0.2, 0.25) is 0 Å². The number of hydrogen-bond donors (Lipinski definition) is 1. The minimum absolute atomic E-state index is 0.690. The first-order valence-electron chi connectivity index (χ1n) is 8.37. The zero-order valence-corrected chi connectivity index (χ0v) is 13.5. The van der Waals surface area contributed by atoms with Crippen LogP contribution in [0, 0.1) is 0 Å². The van der Waals surface area contributed by atoms with E-state index in [0.717, 1.165) is 39.3 Å². The Bertz CT molecular complexity index is 309.